The average Bonchev–Trinajstić information content (AvgIpc) is 2.63. The highest BCUT2D eigenvalue weighted by atomic mass is 19.1. The second-order valence-electron chi connectivity index (χ2n) is 6.03. The molecular weight excluding hydrogens is 367 g/mol. The number of methoxy groups -OCH3 is 1. The molecule has 0 aliphatic carbocycles. The number of hydrogen-bond donors (Lipinski definition) is 2. The quantitative estimate of drug-likeness (QED) is 0.712. The Balaban J connectivity index is 1.88. The molecule has 2 N–H and O–H groups in total. The number of anilines is 2. The fourth-order valence-corrected chi connectivity index (χ4v) is 2.36. The summed E-state index contributed by atoms with van der Waals surface area (Å²) in [5.41, 5.74) is 1.49. The third-order valence-electron chi connectivity index (χ3n) is 3.71. The first-order valence-electron chi connectivity index (χ1n) is 8.49. The van der Waals surface area contributed by atoms with Crippen molar-refractivity contribution >= 4 is 29.2 Å². The number of hydrogen-bond acceptors (Lipinski definition) is 5. The first kappa shape index (κ1) is 20.9. The molecule has 2 amide bonds. The normalized spacial score (nSPS) is 11.3. The number of amides is 2. The van der Waals surface area contributed by atoms with Crippen molar-refractivity contribution in [2.45, 2.75) is 26.4 Å². The third kappa shape index (κ3) is 6.08. The lowest BCUT2D eigenvalue weighted by molar-refractivity contribution is -0.152. The highest BCUT2D eigenvalue weighted by Gasteiger charge is 2.18. The summed E-state index contributed by atoms with van der Waals surface area (Å²) in [7, 11) is 1.35. The van der Waals surface area contributed by atoms with Gasteiger partial charge in [0, 0.05) is 18.3 Å². The minimum atomic E-state index is -1.04. The lowest BCUT2D eigenvalue weighted by atomic mass is 10.1. The van der Waals surface area contributed by atoms with Crippen LogP contribution in [0.25, 0.3) is 0 Å². The van der Waals surface area contributed by atoms with E-state index >= 15 is 0 Å². The molecule has 2 aromatic carbocycles. The summed E-state index contributed by atoms with van der Waals surface area (Å²) in [6.07, 6.45) is -1.21. The fraction of sp³-hybridized carbons (Fsp3) is 0.250. The Bertz CT molecular complexity index is 867. The number of carbonyl (C=O) groups is 3. The highest BCUT2D eigenvalue weighted by molar-refractivity contribution is 5.95. The maximum atomic E-state index is 13.7. The van der Waals surface area contributed by atoms with E-state index in [0.29, 0.717) is 16.9 Å². The van der Waals surface area contributed by atoms with Crippen molar-refractivity contribution in [1.82, 2.24) is 0 Å². The monoisotopic (exact) mass is 388 g/mol. The highest BCUT2D eigenvalue weighted by Crippen LogP contribution is 2.18. The Morgan fingerprint density at radius 2 is 1.64 bits per heavy atom. The minimum Gasteiger partial charge on any atom is -0.494 e. The average molecular weight is 388 g/mol. The van der Waals surface area contributed by atoms with Crippen molar-refractivity contribution in [3.63, 3.8) is 0 Å². The molecule has 8 heteroatoms. The molecule has 1 atom stereocenters. The maximum absolute atomic E-state index is 13.7. The van der Waals surface area contributed by atoms with Crippen molar-refractivity contribution in [2.75, 3.05) is 17.7 Å². The van der Waals surface area contributed by atoms with Gasteiger partial charge in [-0.3, -0.25) is 14.4 Å². The van der Waals surface area contributed by atoms with Crippen molar-refractivity contribution in [3.8, 4) is 5.75 Å². The van der Waals surface area contributed by atoms with Crippen molar-refractivity contribution in [1.29, 1.82) is 0 Å². The Morgan fingerprint density at radius 3 is 2.18 bits per heavy atom. The Hall–Kier alpha value is -3.42. The lowest BCUT2D eigenvalue weighted by Gasteiger charge is -2.14. The summed E-state index contributed by atoms with van der Waals surface area (Å²) < 4.78 is 23.6. The van der Waals surface area contributed by atoms with Gasteiger partial charge in [-0.2, -0.15) is 0 Å². The molecule has 0 spiro atoms. The van der Waals surface area contributed by atoms with Gasteiger partial charge in [0.2, 0.25) is 5.91 Å². The number of carbonyl (C=O) groups excluding carboxylic acids is 3. The number of ether oxygens (including phenoxy) is 2. The number of rotatable bonds is 7. The van der Waals surface area contributed by atoms with Gasteiger partial charge in [0.05, 0.1) is 13.5 Å². The van der Waals surface area contributed by atoms with Gasteiger partial charge in [0.1, 0.15) is 0 Å². The van der Waals surface area contributed by atoms with Crippen LogP contribution >= 0.6 is 0 Å². The molecule has 0 bridgehead atoms. The molecule has 2 rings (SSSR count). The minimum absolute atomic E-state index is 0.0781. The van der Waals surface area contributed by atoms with E-state index in [-0.39, 0.29) is 18.1 Å². The first-order chi connectivity index (χ1) is 13.3. The maximum Gasteiger partial charge on any atom is 0.311 e. The van der Waals surface area contributed by atoms with E-state index in [1.165, 1.54) is 33.1 Å². The Kier molecular flexibility index (Phi) is 7.08. The summed E-state index contributed by atoms with van der Waals surface area (Å²) in [6.45, 7) is 2.83. The predicted octanol–water partition coefficient (Wildman–Crippen LogP) is 2.91. The molecule has 0 aliphatic heterocycles. The van der Waals surface area contributed by atoms with Gasteiger partial charge in [-0.05, 0) is 48.9 Å². The molecule has 0 saturated carbocycles. The third-order valence-corrected chi connectivity index (χ3v) is 3.71. The zero-order chi connectivity index (χ0) is 20.7. The standard InChI is InChI=1S/C20H21FN2O5/c1-12(20(26)23-16-7-5-15(6-8-16)22-13(2)24)28-19(25)11-14-4-9-18(27-3)17(21)10-14/h4-10,12H,11H2,1-3H3,(H,22,24)(H,23,26)/t12-/m1/s1. The van der Waals surface area contributed by atoms with Crippen molar-refractivity contribution in [3.05, 3.63) is 53.8 Å². The van der Waals surface area contributed by atoms with Gasteiger partial charge in [0.25, 0.3) is 5.91 Å². The van der Waals surface area contributed by atoms with Crippen LogP contribution in [0, 0.1) is 5.82 Å². The predicted molar refractivity (Wildman–Crippen MR) is 102 cm³/mol. The SMILES string of the molecule is COc1ccc(CC(=O)O[C@H](C)C(=O)Nc2ccc(NC(C)=O)cc2)cc1F. The number of nitrogens with one attached hydrogen (secondary N) is 2. The molecule has 148 valence electrons. The summed E-state index contributed by atoms with van der Waals surface area (Å²) in [4.78, 5) is 35.2. The van der Waals surface area contributed by atoms with Crippen molar-refractivity contribution in [2.24, 2.45) is 0 Å². The summed E-state index contributed by atoms with van der Waals surface area (Å²) in [5, 5.41) is 5.22. The van der Waals surface area contributed by atoms with Gasteiger partial charge < -0.3 is 20.1 Å². The van der Waals surface area contributed by atoms with E-state index in [9.17, 15) is 18.8 Å². The molecule has 0 heterocycles. The summed E-state index contributed by atoms with van der Waals surface area (Å²) in [6, 6.07) is 10.6. The van der Waals surface area contributed by atoms with Gasteiger partial charge in [0.15, 0.2) is 17.7 Å². The fourth-order valence-electron chi connectivity index (χ4n) is 2.36. The van der Waals surface area contributed by atoms with Gasteiger partial charge >= 0.3 is 5.97 Å². The Morgan fingerprint density at radius 1 is 1.04 bits per heavy atom. The molecule has 28 heavy (non-hydrogen) atoms. The Labute approximate surface area is 161 Å². The van der Waals surface area contributed by atoms with E-state index in [2.05, 4.69) is 10.6 Å². The van der Waals surface area contributed by atoms with E-state index < -0.39 is 23.8 Å². The van der Waals surface area contributed by atoms with Crippen LogP contribution in [0.1, 0.15) is 19.4 Å². The largest absolute Gasteiger partial charge is 0.494 e. The zero-order valence-corrected chi connectivity index (χ0v) is 15.7. The van der Waals surface area contributed by atoms with Gasteiger partial charge in [-0.1, -0.05) is 6.07 Å². The van der Waals surface area contributed by atoms with Crippen molar-refractivity contribution < 1.29 is 28.2 Å². The summed E-state index contributed by atoms with van der Waals surface area (Å²) >= 11 is 0. The van der Waals surface area contributed by atoms with Crippen LogP contribution in [0.2, 0.25) is 0 Å². The number of halogens is 1. The van der Waals surface area contributed by atoms with Crippen LogP contribution < -0.4 is 15.4 Å². The van der Waals surface area contributed by atoms with E-state index in [4.69, 9.17) is 9.47 Å². The molecule has 0 fully saturated rings. The summed E-state index contributed by atoms with van der Waals surface area (Å²) in [5.74, 6) is -1.88. The molecule has 7 nitrogen and oxygen atoms in total. The van der Waals surface area contributed by atoms with Crippen LogP contribution in [0.5, 0.6) is 5.75 Å². The number of esters is 1. The first-order valence-corrected chi connectivity index (χ1v) is 8.49. The van der Waals surface area contributed by atoms with Crippen LogP contribution in [0.15, 0.2) is 42.5 Å². The van der Waals surface area contributed by atoms with E-state index in [1.807, 2.05) is 0 Å². The molecule has 2 aromatic rings. The molecule has 0 aliphatic rings. The van der Waals surface area contributed by atoms with Crippen LogP contribution in [-0.2, 0) is 25.5 Å². The topological polar surface area (TPSA) is 93.7 Å². The molecule has 0 saturated heterocycles. The van der Waals surface area contributed by atoms with E-state index in [0.717, 1.165) is 0 Å². The second kappa shape index (κ2) is 9.50. The van der Waals surface area contributed by atoms with Crippen LogP contribution in [0.3, 0.4) is 0 Å². The molecule has 0 radical (unpaired) electrons. The second-order valence-corrected chi connectivity index (χ2v) is 6.03. The number of benzene rings is 2. The molecule has 0 unspecified atom stereocenters. The van der Waals surface area contributed by atoms with Crippen LogP contribution in [-0.4, -0.2) is 31.0 Å². The van der Waals surface area contributed by atoms with Gasteiger partial charge in [-0.15, -0.1) is 0 Å². The smallest absolute Gasteiger partial charge is 0.311 e. The molecule has 0 aromatic heterocycles. The van der Waals surface area contributed by atoms with Gasteiger partial charge in [-0.25, -0.2) is 4.39 Å². The van der Waals surface area contributed by atoms with Crippen LogP contribution in [0.4, 0.5) is 15.8 Å². The molecular formula is C20H21FN2O5. The van der Waals surface area contributed by atoms with E-state index in [1.54, 1.807) is 30.3 Å². The zero-order valence-electron chi connectivity index (χ0n) is 15.7. The lowest BCUT2D eigenvalue weighted by Crippen LogP contribution is -2.30.